The summed E-state index contributed by atoms with van der Waals surface area (Å²) in [5, 5.41) is 4.19. The lowest BCUT2D eigenvalue weighted by Gasteiger charge is -2.18. The topological polar surface area (TPSA) is 83.0 Å². The van der Waals surface area contributed by atoms with Gasteiger partial charge in [-0.05, 0) is 31.0 Å². The molecule has 0 spiro atoms. The van der Waals surface area contributed by atoms with E-state index < -0.39 is 17.5 Å². The zero-order valence-electron chi connectivity index (χ0n) is 12.6. The van der Waals surface area contributed by atoms with Crippen LogP contribution in [-0.2, 0) is 11.3 Å². The molecule has 1 aliphatic carbocycles. The van der Waals surface area contributed by atoms with Crippen LogP contribution in [0.1, 0.15) is 28.9 Å². The van der Waals surface area contributed by atoms with Crippen molar-refractivity contribution in [2.45, 2.75) is 25.6 Å². The van der Waals surface area contributed by atoms with Crippen molar-refractivity contribution in [3.8, 4) is 5.82 Å². The molecule has 2 aromatic heterocycles. The second-order valence-corrected chi connectivity index (χ2v) is 5.79. The molecule has 128 valence electrons. The van der Waals surface area contributed by atoms with E-state index in [1.165, 1.54) is 16.9 Å². The Morgan fingerprint density at radius 1 is 1.33 bits per heavy atom. The summed E-state index contributed by atoms with van der Waals surface area (Å²) >= 11 is 0. The lowest BCUT2D eigenvalue weighted by Crippen LogP contribution is -2.29. The van der Waals surface area contributed by atoms with Crippen molar-refractivity contribution in [2.24, 2.45) is 11.1 Å². The molecule has 24 heavy (non-hydrogen) atoms. The second-order valence-electron chi connectivity index (χ2n) is 5.79. The second kappa shape index (κ2) is 5.90. The Hall–Kier alpha value is -2.42. The van der Waals surface area contributed by atoms with E-state index in [9.17, 15) is 18.0 Å². The summed E-state index contributed by atoms with van der Waals surface area (Å²) in [4.78, 5) is 15.0. The molecule has 1 amide bonds. The Labute approximate surface area is 135 Å². The van der Waals surface area contributed by atoms with Gasteiger partial charge in [0.25, 0.3) is 0 Å². The first-order valence-electron chi connectivity index (χ1n) is 7.26. The van der Waals surface area contributed by atoms with E-state index >= 15 is 0 Å². The zero-order valence-corrected chi connectivity index (χ0v) is 12.6. The molecule has 1 fully saturated rings. The minimum atomic E-state index is -4.22. The number of rotatable bonds is 6. The number of hydrogen-bond acceptors (Lipinski definition) is 4. The summed E-state index contributed by atoms with van der Waals surface area (Å²) in [7, 11) is 0. The Morgan fingerprint density at radius 2 is 2.08 bits per heavy atom. The number of halogens is 3. The lowest BCUT2D eigenvalue weighted by molar-refractivity contribution is -0.202. The lowest BCUT2D eigenvalue weighted by atomic mass is 10.1. The highest BCUT2D eigenvalue weighted by molar-refractivity contribution is 5.92. The third-order valence-electron chi connectivity index (χ3n) is 3.99. The maximum Gasteiger partial charge on any atom is 0.396 e. The molecule has 1 saturated carbocycles. The Bertz CT molecular complexity index is 736. The molecular weight excluding hydrogens is 325 g/mol. The first-order chi connectivity index (χ1) is 11.3. The van der Waals surface area contributed by atoms with Crippen LogP contribution in [-0.4, -0.2) is 33.5 Å². The van der Waals surface area contributed by atoms with Gasteiger partial charge >= 0.3 is 6.18 Å². The van der Waals surface area contributed by atoms with Gasteiger partial charge < -0.3 is 10.5 Å². The number of carbonyl (C=O) groups excluding carboxylic acids is 1. The summed E-state index contributed by atoms with van der Waals surface area (Å²) in [6, 6.07) is 4.72. The van der Waals surface area contributed by atoms with E-state index in [2.05, 4.69) is 10.1 Å². The van der Waals surface area contributed by atoms with E-state index in [1.807, 2.05) is 0 Å². The summed E-state index contributed by atoms with van der Waals surface area (Å²) < 4.78 is 45.0. The molecule has 2 aromatic rings. The van der Waals surface area contributed by atoms with Gasteiger partial charge in [-0.3, -0.25) is 4.79 Å². The van der Waals surface area contributed by atoms with Gasteiger partial charge in [-0.2, -0.15) is 18.3 Å². The summed E-state index contributed by atoms with van der Waals surface area (Å²) in [6.07, 6.45) is -1.06. The van der Waals surface area contributed by atoms with Gasteiger partial charge in [0.15, 0.2) is 5.82 Å². The summed E-state index contributed by atoms with van der Waals surface area (Å²) in [5.74, 6) is -0.123. The van der Waals surface area contributed by atoms with Crippen LogP contribution in [0.5, 0.6) is 0 Å². The number of carbonyl (C=O) groups is 1. The number of primary amides is 1. The number of ether oxygens (including phenoxy) is 1. The van der Waals surface area contributed by atoms with Crippen molar-refractivity contribution in [3.05, 3.63) is 41.9 Å². The number of aromatic nitrogens is 3. The van der Waals surface area contributed by atoms with Crippen LogP contribution < -0.4 is 5.73 Å². The van der Waals surface area contributed by atoms with Gasteiger partial charge in [0, 0.05) is 12.4 Å². The van der Waals surface area contributed by atoms with Gasteiger partial charge in [-0.15, -0.1) is 0 Å². The van der Waals surface area contributed by atoms with E-state index in [0.717, 1.165) is 0 Å². The minimum absolute atomic E-state index is 0.00972. The molecule has 0 radical (unpaired) electrons. The maximum absolute atomic E-state index is 12.8. The van der Waals surface area contributed by atoms with Crippen LogP contribution in [0.25, 0.3) is 5.82 Å². The van der Waals surface area contributed by atoms with Crippen molar-refractivity contribution in [1.82, 2.24) is 14.8 Å². The Kier molecular flexibility index (Phi) is 4.04. The highest BCUT2D eigenvalue weighted by atomic mass is 19.4. The molecule has 1 aliphatic rings. The fraction of sp³-hybridized carbons (Fsp3) is 0.400. The molecule has 0 aliphatic heterocycles. The molecule has 0 atom stereocenters. The van der Waals surface area contributed by atoms with E-state index in [4.69, 9.17) is 10.5 Å². The molecule has 0 unspecified atom stereocenters. The highest BCUT2D eigenvalue weighted by Crippen LogP contribution is 2.57. The van der Waals surface area contributed by atoms with Crippen molar-refractivity contribution < 1.29 is 22.7 Å². The summed E-state index contributed by atoms with van der Waals surface area (Å²) in [5.41, 5.74) is 4.22. The number of alkyl halides is 3. The Balaban J connectivity index is 1.59. The highest BCUT2D eigenvalue weighted by Gasteiger charge is 2.63. The predicted molar refractivity (Wildman–Crippen MR) is 77.3 cm³/mol. The molecule has 3 rings (SSSR count). The van der Waals surface area contributed by atoms with Gasteiger partial charge in [-0.1, -0.05) is 0 Å². The van der Waals surface area contributed by atoms with Crippen LogP contribution in [0.2, 0.25) is 0 Å². The largest absolute Gasteiger partial charge is 0.396 e. The van der Waals surface area contributed by atoms with Gasteiger partial charge in [0.05, 0.1) is 29.9 Å². The first-order valence-corrected chi connectivity index (χ1v) is 7.26. The van der Waals surface area contributed by atoms with E-state index in [-0.39, 0.29) is 31.6 Å². The van der Waals surface area contributed by atoms with Crippen LogP contribution >= 0.6 is 0 Å². The number of amides is 1. The first kappa shape index (κ1) is 16.4. The molecule has 2 N–H and O–H groups in total. The fourth-order valence-electron chi connectivity index (χ4n) is 2.25. The van der Waals surface area contributed by atoms with Crippen LogP contribution in [0.15, 0.2) is 30.6 Å². The Morgan fingerprint density at radius 3 is 2.62 bits per heavy atom. The third kappa shape index (κ3) is 3.25. The van der Waals surface area contributed by atoms with E-state index in [1.54, 1.807) is 18.3 Å². The van der Waals surface area contributed by atoms with Crippen molar-refractivity contribution in [2.75, 3.05) is 6.61 Å². The van der Waals surface area contributed by atoms with Crippen molar-refractivity contribution in [3.63, 3.8) is 0 Å². The minimum Gasteiger partial charge on any atom is -0.374 e. The van der Waals surface area contributed by atoms with Gasteiger partial charge in [0.2, 0.25) is 5.91 Å². The maximum atomic E-state index is 12.8. The normalized spacial score (nSPS) is 16.1. The van der Waals surface area contributed by atoms with Crippen molar-refractivity contribution in [1.29, 1.82) is 0 Å². The number of nitrogens with zero attached hydrogens (tertiary/aromatic N) is 3. The molecule has 0 saturated heterocycles. The van der Waals surface area contributed by atoms with Gasteiger partial charge in [0.1, 0.15) is 0 Å². The van der Waals surface area contributed by atoms with E-state index in [0.29, 0.717) is 11.5 Å². The predicted octanol–water partition coefficient (Wildman–Crippen LogP) is 2.23. The van der Waals surface area contributed by atoms with Crippen molar-refractivity contribution >= 4 is 5.91 Å². The van der Waals surface area contributed by atoms with Crippen LogP contribution in [0, 0.1) is 5.41 Å². The average molecular weight is 340 g/mol. The monoisotopic (exact) mass is 340 g/mol. The van der Waals surface area contributed by atoms with Gasteiger partial charge in [-0.25, -0.2) is 9.67 Å². The molecule has 6 nitrogen and oxygen atoms in total. The molecular formula is C15H15F3N4O2. The third-order valence-corrected chi connectivity index (χ3v) is 3.99. The molecule has 0 bridgehead atoms. The molecule has 9 heteroatoms. The number of pyridine rings is 1. The summed E-state index contributed by atoms with van der Waals surface area (Å²) in [6.45, 7) is -0.362. The molecule has 0 aromatic carbocycles. The number of hydrogen-bond donors (Lipinski definition) is 1. The SMILES string of the molecule is NC(=O)c1ccc(-n2ccc(COCC3(C(F)(F)F)CC3)n2)nc1. The quantitative estimate of drug-likeness (QED) is 0.874. The van der Waals surface area contributed by atoms with Crippen LogP contribution in [0.4, 0.5) is 13.2 Å². The zero-order chi connectivity index (χ0) is 17.4. The smallest absolute Gasteiger partial charge is 0.374 e. The molecule has 2 heterocycles. The number of nitrogens with two attached hydrogens (primary N) is 1. The van der Waals surface area contributed by atoms with Crippen LogP contribution in [0.3, 0.4) is 0 Å². The average Bonchev–Trinajstić information content (AvgIpc) is 3.18. The standard InChI is InChI=1S/C15H15F3N4O2/c16-15(17,18)14(4-5-14)9-24-8-11-3-6-22(21-11)12-2-1-10(7-20-12)13(19)23/h1-3,6-7H,4-5,8-9H2,(H2,19,23). The fourth-order valence-corrected chi connectivity index (χ4v) is 2.25.